The molecule has 3 heterocycles. The van der Waals surface area contributed by atoms with Crippen LogP contribution in [0.3, 0.4) is 0 Å². The van der Waals surface area contributed by atoms with Crippen molar-refractivity contribution in [1.29, 1.82) is 0 Å². The summed E-state index contributed by atoms with van der Waals surface area (Å²) in [5.74, 6) is 0.0583. The highest BCUT2D eigenvalue weighted by Gasteiger charge is 2.43. The van der Waals surface area contributed by atoms with Gasteiger partial charge in [-0.3, -0.25) is 4.90 Å². The number of alkyl halides is 3. The lowest BCUT2D eigenvalue weighted by Gasteiger charge is -2.30. The second kappa shape index (κ2) is 7.44. The van der Waals surface area contributed by atoms with E-state index in [1.165, 1.54) is 45.9 Å². The van der Waals surface area contributed by atoms with Crippen LogP contribution in [0.15, 0.2) is 12.4 Å². The van der Waals surface area contributed by atoms with Gasteiger partial charge in [0.05, 0.1) is 26.1 Å². The zero-order chi connectivity index (χ0) is 16.9. The van der Waals surface area contributed by atoms with E-state index >= 15 is 0 Å². The predicted octanol–water partition coefficient (Wildman–Crippen LogP) is 2.77. The van der Waals surface area contributed by atoms with Gasteiger partial charge >= 0.3 is 6.18 Å². The first-order chi connectivity index (χ1) is 10.9. The van der Waals surface area contributed by atoms with Crippen molar-refractivity contribution in [2.45, 2.75) is 37.4 Å². The third-order valence-corrected chi connectivity index (χ3v) is 4.35. The molecule has 0 aromatic carbocycles. The Morgan fingerprint density at radius 1 is 1.13 bits per heavy atom. The number of methoxy groups -OCH3 is 2. The molecule has 0 bridgehead atoms. The molecule has 0 spiro atoms. The van der Waals surface area contributed by atoms with E-state index in [9.17, 15) is 13.2 Å². The summed E-state index contributed by atoms with van der Waals surface area (Å²) < 4.78 is 45.5. The number of fused-ring (bicyclic) bond motifs is 1. The number of ether oxygens (including phenoxy) is 2. The first-order valence-electron chi connectivity index (χ1n) is 7.58. The Bertz CT molecular complexity index is 484. The largest absolute Gasteiger partial charge is 0.480 e. The van der Waals surface area contributed by atoms with Crippen LogP contribution >= 0.6 is 0 Å². The molecule has 0 saturated carbocycles. The van der Waals surface area contributed by atoms with Crippen LogP contribution in [0.2, 0.25) is 0 Å². The average Bonchev–Trinajstić information content (AvgIpc) is 3.07. The van der Waals surface area contributed by atoms with Crippen LogP contribution in [0.1, 0.15) is 31.4 Å². The van der Waals surface area contributed by atoms with Crippen molar-refractivity contribution in [2.75, 3.05) is 33.9 Å². The second-order valence-corrected chi connectivity index (χ2v) is 5.79. The zero-order valence-corrected chi connectivity index (χ0v) is 13.4. The number of hydrogen-bond donors (Lipinski definition) is 0. The molecule has 2 aliphatic heterocycles. The third-order valence-electron chi connectivity index (χ3n) is 4.35. The lowest BCUT2D eigenvalue weighted by atomic mass is 9.95. The summed E-state index contributed by atoms with van der Waals surface area (Å²) in [6.45, 7) is 3.57. The molecule has 2 fully saturated rings. The maximum Gasteiger partial charge on any atom is 0.434 e. The average molecular weight is 333 g/mol. The second-order valence-electron chi connectivity index (χ2n) is 5.79. The molecular formula is C15H22F3N3O2. The Morgan fingerprint density at radius 3 is 2.22 bits per heavy atom. The molecule has 130 valence electrons. The molecule has 1 aromatic heterocycles. The normalized spacial score (nSPS) is 19.9. The molecule has 0 N–H and O–H groups in total. The molecule has 0 unspecified atom stereocenters. The monoisotopic (exact) mass is 333 g/mol. The van der Waals surface area contributed by atoms with Gasteiger partial charge in [0.2, 0.25) is 5.88 Å². The van der Waals surface area contributed by atoms with Crippen molar-refractivity contribution in [1.82, 2.24) is 14.9 Å². The van der Waals surface area contributed by atoms with Gasteiger partial charge in [0.1, 0.15) is 0 Å². The van der Waals surface area contributed by atoms with Crippen LogP contribution in [-0.4, -0.2) is 54.3 Å². The van der Waals surface area contributed by atoms with Gasteiger partial charge in [0.25, 0.3) is 0 Å². The molecule has 2 saturated heterocycles. The van der Waals surface area contributed by atoms with Crippen molar-refractivity contribution < 1.29 is 22.6 Å². The van der Waals surface area contributed by atoms with Gasteiger partial charge in [0, 0.05) is 12.6 Å². The number of aromatic nitrogens is 2. The summed E-state index contributed by atoms with van der Waals surface area (Å²) in [4.78, 5) is 9.09. The maximum absolute atomic E-state index is 11.9. The molecule has 8 heteroatoms. The first kappa shape index (κ1) is 17.9. The minimum Gasteiger partial charge on any atom is -0.480 e. The fraction of sp³-hybridized carbons (Fsp3) is 0.733. The summed E-state index contributed by atoms with van der Waals surface area (Å²) in [5.41, 5.74) is -0.558. The summed E-state index contributed by atoms with van der Waals surface area (Å²) in [6, 6.07) is 0. The molecule has 0 radical (unpaired) electrons. The fourth-order valence-electron chi connectivity index (χ4n) is 3.30. The molecule has 0 aliphatic carbocycles. The predicted molar refractivity (Wildman–Crippen MR) is 78.2 cm³/mol. The van der Waals surface area contributed by atoms with Crippen LogP contribution in [0.5, 0.6) is 5.88 Å². The molecule has 5 nitrogen and oxygen atoms in total. The SMILES string of the molecule is COCC12CCCN1CCC2.COc1cnc(C(F)(F)F)cn1. The van der Waals surface area contributed by atoms with Gasteiger partial charge in [-0.15, -0.1) is 0 Å². The van der Waals surface area contributed by atoms with E-state index < -0.39 is 11.9 Å². The Balaban J connectivity index is 0.000000167. The zero-order valence-electron chi connectivity index (χ0n) is 13.4. The van der Waals surface area contributed by atoms with E-state index in [4.69, 9.17) is 4.74 Å². The molecule has 3 rings (SSSR count). The maximum atomic E-state index is 11.9. The number of rotatable bonds is 3. The fourth-order valence-corrected chi connectivity index (χ4v) is 3.30. The first-order valence-corrected chi connectivity index (χ1v) is 7.58. The van der Waals surface area contributed by atoms with Gasteiger partial charge in [-0.1, -0.05) is 0 Å². The molecule has 23 heavy (non-hydrogen) atoms. The van der Waals surface area contributed by atoms with Crippen molar-refractivity contribution in [2.24, 2.45) is 0 Å². The summed E-state index contributed by atoms with van der Waals surface area (Å²) in [6.07, 6.45) is 2.58. The number of halogens is 3. The van der Waals surface area contributed by atoms with Crippen molar-refractivity contribution in [3.8, 4) is 5.88 Å². The summed E-state index contributed by atoms with van der Waals surface area (Å²) in [5, 5.41) is 0. The quantitative estimate of drug-likeness (QED) is 0.851. The van der Waals surface area contributed by atoms with Gasteiger partial charge < -0.3 is 9.47 Å². The van der Waals surface area contributed by atoms with Crippen molar-refractivity contribution in [3.63, 3.8) is 0 Å². The summed E-state index contributed by atoms with van der Waals surface area (Å²) >= 11 is 0. The topological polar surface area (TPSA) is 47.5 Å². The molecule has 2 aliphatic rings. The van der Waals surface area contributed by atoms with E-state index in [0.717, 1.165) is 12.8 Å². The smallest absolute Gasteiger partial charge is 0.434 e. The van der Waals surface area contributed by atoms with Gasteiger partial charge in [-0.05, 0) is 38.8 Å². The molecule has 1 aromatic rings. The summed E-state index contributed by atoms with van der Waals surface area (Å²) in [7, 11) is 3.13. The van der Waals surface area contributed by atoms with Crippen LogP contribution in [-0.2, 0) is 10.9 Å². The van der Waals surface area contributed by atoms with Gasteiger partial charge in [-0.25, -0.2) is 9.97 Å². The van der Waals surface area contributed by atoms with Gasteiger partial charge in [-0.2, -0.15) is 13.2 Å². The van der Waals surface area contributed by atoms with E-state index in [2.05, 4.69) is 19.6 Å². The molecule has 0 amide bonds. The van der Waals surface area contributed by atoms with Gasteiger partial charge in [0.15, 0.2) is 5.69 Å². The Hall–Kier alpha value is -1.41. The number of nitrogens with zero attached hydrogens (tertiary/aromatic N) is 3. The minimum atomic E-state index is -4.45. The van der Waals surface area contributed by atoms with Crippen molar-refractivity contribution >= 4 is 0 Å². The third kappa shape index (κ3) is 4.32. The van der Waals surface area contributed by atoms with Crippen LogP contribution in [0, 0.1) is 0 Å². The van der Waals surface area contributed by atoms with E-state index in [0.29, 0.717) is 11.7 Å². The Labute approximate surface area is 133 Å². The lowest BCUT2D eigenvalue weighted by molar-refractivity contribution is -0.141. The van der Waals surface area contributed by atoms with E-state index in [1.807, 2.05) is 7.11 Å². The highest BCUT2D eigenvalue weighted by Crippen LogP contribution is 2.38. The highest BCUT2D eigenvalue weighted by atomic mass is 19.4. The Kier molecular flexibility index (Phi) is 5.80. The van der Waals surface area contributed by atoms with Crippen LogP contribution in [0.4, 0.5) is 13.2 Å². The highest BCUT2D eigenvalue weighted by molar-refractivity contribution is 5.09. The lowest BCUT2D eigenvalue weighted by Crippen LogP contribution is -2.42. The van der Waals surface area contributed by atoms with E-state index in [-0.39, 0.29) is 5.88 Å². The van der Waals surface area contributed by atoms with Crippen LogP contribution < -0.4 is 4.74 Å². The van der Waals surface area contributed by atoms with Crippen molar-refractivity contribution in [3.05, 3.63) is 18.1 Å². The van der Waals surface area contributed by atoms with Crippen LogP contribution in [0.25, 0.3) is 0 Å². The Morgan fingerprint density at radius 2 is 1.78 bits per heavy atom. The minimum absolute atomic E-state index is 0.0583. The molecular weight excluding hydrogens is 311 g/mol. The van der Waals surface area contributed by atoms with E-state index in [1.54, 1.807) is 0 Å². The standard InChI is InChI=1S/C9H17NO.C6H5F3N2O/c1-11-8-9-4-2-6-10(9)7-3-5-9;1-12-5-3-10-4(2-11-5)6(7,8)9/h2-8H2,1H3;2-3H,1H3. The molecule has 0 atom stereocenters. The number of hydrogen-bond acceptors (Lipinski definition) is 5.